The van der Waals surface area contributed by atoms with E-state index in [2.05, 4.69) is 5.32 Å². The molecule has 0 unspecified atom stereocenters. The first-order chi connectivity index (χ1) is 8.56. The number of hydrogen-bond acceptors (Lipinski definition) is 1. The van der Waals surface area contributed by atoms with Crippen molar-refractivity contribution in [3.8, 4) is 0 Å². The number of anilines is 1. The van der Waals surface area contributed by atoms with Crippen LogP contribution in [0.1, 0.15) is 11.1 Å². The van der Waals surface area contributed by atoms with Crippen LogP contribution in [0.5, 0.6) is 0 Å². The third-order valence-corrected chi connectivity index (χ3v) is 2.96. The summed E-state index contributed by atoms with van der Waals surface area (Å²) in [5, 5.41) is 3.12. The molecule has 4 heteroatoms. The van der Waals surface area contributed by atoms with E-state index in [9.17, 15) is 8.78 Å². The summed E-state index contributed by atoms with van der Waals surface area (Å²) < 4.78 is 26.5. The Morgan fingerprint density at radius 3 is 2.50 bits per heavy atom. The van der Waals surface area contributed by atoms with Gasteiger partial charge in [0, 0.05) is 12.2 Å². The van der Waals surface area contributed by atoms with E-state index in [1.165, 1.54) is 18.2 Å². The van der Waals surface area contributed by atoms with Gasteiger partial charge in [-0.25, -0.2) is 8.78 Å². The summed E-state index contributed by atoms with van der Waals surface area (Å²) in [6.45, 7) is 2.12. The average molecular weight is 268 g/mol. The lowest BCUT2D eigenvalue weighted by molar-refractivity contribution is 0.618. The van der Waals surface area contributed by atoms with Crippen LogP contribution in [-0.4, -0.2) is 0 Å². The van der Waals surface area contributed by atoms with Crippen molar-refractivity contribution in [1.29, 1.82) is 0 Å². The number of hydrogen-bond donors (Lipinski definition) is 1. The SMILES string of the molecule is Cc1ccc(NCc2ccc(Cl)c(F)c2)cc1F. The maximum absolute atomic E-state index is 13.3. The monoisotopic (exact) mass is 267 g/mol. The summed E-state index contributed by atoms with van der Waals surface area (Å²) in [7, 11) is 0. The second-order valence-electron chi connectivity index (χ2n) is 4.07. The molecular weight excluding hydrogens is 256 g/mol. The Morgan fingerprint density at radius 2 is 1.83 bits per heavy atom. The molecule has 0 aliphatic heterocycles. The smallest absolute Gasteiger partial charge is 0.142 e. The molecular formula is C14H12ClF2N. The van der Waals surface area contributed by atoms with Gasteiger partial charge < -0.3 is 5.32 Å². The molecule has 2 aromatic carbocycles. The third-order valence-electron chi connectivity index (χ3n) is 2.65. The number of benzene rings is 2. The van der Waals surface area contributed by atoms with Crippen LogP contribution in [0.25, 0.3) is 0 Å². The highest BCUT2D eigenvalue weighted by atomic mass is 35.5. The first kappa shape index (κ1) is 12.8. The Hall–Kier alpha value is -1.61. The predicted molar refractivity (Wildman–Crippen MR) is 69.9 cm³/mol. The van der Waals surface area contributed by atoms with E-state index in [4.69, 9.17) is 11.6 Å². The zero-order valence-electron chi connectivity index (χ0n) is 9.81. The van der Waals surface area contributed by atoms with Gasteiger partial charge in [-0.05, 0) is 42.3 Å². The molecule has 0 radical (unpaired) electrons. The van der Waals surface area contributed by atoms with Gasteiger partial charge in [-0.3, -0.25) is 0 Å². The summed E-state index contributed by atoms with van der Waals surface area (Å²) in [6, 6.07) is 9.48. The van der Waals surface area contributed by atoms with Gasteiger partial charge in [-0.1, -0.05) is 23.7 Å². The van der Waals surface area contributed by atoms with Gasteiger partial charge in [0.25, 0.3) is 0 Å². The largest absolute Gasteiger partial charge is 0.381 e. The number of nitrogens with one attached hydrogen (secondary N) is 1. The fourth-order valence-corrected chi connectivity index (χ4v) is 1.67. The molecule has 1 nitrogen and oxygen atoms in total. The average Bonchev–Trinajstić information content (AvgIpc) is 2.35. The molecule has 2 rings (SSSR count). The van der Waals surface area contributed by atoms with E-state index in [0.717, 1.165) is 5.56 Å². The second-order valence-corrected chi connectivity index (χ2v) is 4.47. The number of halogens is 3. The standard InChI is InChI=1S/C14H12ClF2N/c1-9-2-4-11(7-13(9)16)18-8-10-3-5-12(15)14(17)6-10/h2-7,18H,8H2,1H3. The molecule has 0 saturated heterocycles. The summed E-state index contributed by atoms with van der Waals surface area (Å²) in [4.78, 5) is 0. The molecule has 0 atom stereocenters. The summed E-state index contributed by atoms with van der Waals surface area (Å²) >= 11 is 5.59. The van der Waals surface area contributed by atoms with E-state index < -0.39 is 5.82 Å². The quantitative estimate of drug-likeness (QED) is 0.861. The minimum Gasteiger partial charge on any atom is -0.381 e. The van der Waals surface area contributed by atoms with Crippen molar-refractivity contribution in [2.24, 2.45) is 0 Å². The Kier molecular flexibility index (Phi) is 3.82. The first-order valence-electron chi connectivity index (χ1n) is 5.50. The second kappa shape index (κ2) is 5.36. The molecule has 18 heavy (non-hydrogen) atoms. The molecule has 94 valence electrons. The number of rotatable bonds is 3. The fraction of sp³-hybridized carbons (Fsp3) is 0.143. The molecule has 0 bridgehead atoms. The van der Waals surface area contributed by atoms with E-state index in [1.807, 2.05) is 0 Å². The molecule has 0 amide bonds. The van der Waals surface area contributed by atoms with Crippen LogP contribution in [0.3, 0.4) is 0 Å². The number of aryl methyl sites for hydroxylation is 1. The molecule has 0 aliphatic carbocycles. The molecule has 0 heterocycles. The first-order valence-corrected chi connectivity index (χ1v) is 5.88. The van der Waals surface area contributed by atoms with Crippen LogP contribution < -0.4 is 5.32 Å². The Labute approximate surface area is 109 Å². The highest BCUT2D eigenvalue weighted by Gasteiger charge is 2.02. The Bertz CT molecular complexity index is 518. The predicted octanol–water partition coefficient (Wildman–Crippen LogP) is 4.54. The molecule has 1 N–H and O–H groups in total. The lowest BCUT2D eigenvalue weighted by Gasteiger charge is -2.08. The van der Waals surface area contributed by atoms with Crippen LogP contribution in [0.2, 0.25) is 5.02 Å². The summed E-state index contributed by atoms with van der Waals surface area (Å²) in [6.07, 6.45) is 0. The van der Waals surface area contributed by atoms with Gasteiger partial charge in [0.2, 0.25) is 0 Å². The minimum absolute atomic E-state index is 0.0973. The molecule has 0 saturated carbocycles. The van der Waals surface area contributed by atoms with Crippen LogP contribution in [-0.2, 0) is 6.54 Å². The van der Waals surface area contributed by atoms with E-state index >= 15 is 0 Å². The van der Waals surface area contributed by atoms with Gasteiger partial charge in [0.05, 0.1) is 5.02 Å². The maximum atomic E-state index is 13.3. The molecule has 0 aliphatic rings. The fourth-order valence-electron chi connectivity index (χ4n) is 1.56. The third kappa shape index (κ3) is 2.99. The van der Waals surface area contributed by atoms with Crippen LogP contribution in [0.4, 0.5) is 14.5 Å². The zero-order chi connectivity index (χ0) is 13.1. The maximum Gasteiger partial charge on any atom is 0.142 e. The van der Waals surface area contributed by atoms with E-state index in [0.29, 0.717) is 17.8 Å². The van der Waals surface area contributed by atoms with Crippen molar-refractivity contribution in [3.05, 3.63) is 64.2 Å². The van der Waals surface area contributed by atoms with Crippen molar-refractivity contribution in [2.75, 3.05) is 5.32 Å². The lowest BCUT2D eigenvalue weighted by Crippen LogP contribution is -2.00. The highest BCUT2D eigenvalue weighted by molar-refractivity contribution is 6.30. The van der Waals surface area contributed by atoms with Gasteiger partial charge in [-0.2, -0.15) is 0 Å². The van der Waals surface area contributed by atoms with Crippen molar-refractivity contribution < 1.29 is 8.78 Å². The van der Waals surface area contributed by atoms with Crippen molar-refractivity contribution >= 4 is 17.3 Å². The van der Waals surface area contributed by atoms with E-state index in [-0.39, 0.29) is 10.8 Å². The molecule has 0 aromatic heterocycles. The summed E-state index contributed by atoms with van der Waals surface area (Å²) in [5.74, 6) is -0.714. The van der Waals surface area contributed by atoms with Crippen molar-refractivity contribution in [3.63, 3.8) is 0 Å². The van der Waals surface area contributed by atoms with Gasteiger partial charge in [0.15, 0.2) is 0 Å². The van der Waals surface area contributed by atoms with Crippen LogP contribution >= 0.6 is 11.6 Å². The van der Waals surface area contributed by atoms with Crippen LogP contribution in [0, 0.1) is 18.6 Å². The minimum atomic E-state index is -0.453. The molecule has 0 spiro atoms. The van der Waals surface area contributed by atoms with Crippen LogP contribution in [0.15, 0.2) is 36.4 Å². The van der Waals surface area contributed by atoms with Gasteiger partial charge in [0.1, 0.15) is 11.6 Å². The Balaban J connectivity index is 2.06. The lowest BCUT2D eigenvalue weighted by atomic mass is 10.2. The van der Waals surface area contributed by atoms with Crippen molar-refractivity contribution in [1.82, 2.24) is 0 Å². The topological polar surface area (TPSA) is 12.0 Å². The zero-order valence-corrected chi connectivity index (χ0v) is 10.6. The highest BCUT2D eigenvalue weighted by Crippen LogP contribution is 2.18. The molecule has 0 fully saturated rings. The van der Waals surface area contributed by atoms with Gasteiger partial charge in [-0.15, -0.1) is 0 Å². The summed E-state index contributed by atoms with van der Waals surface area (Å²) in [5.41, 5.74) is 2.00. The van der Waals surface area contributed by atoms with E-state index in [1.54, 1.807) is 25.1 Å². The Morgan fingerprint density at radius 1 is 1.06 bits per heavy atom. The van der Waals surface area contributed by atoms with Crippen molar-refractivity contribution in [2.45, 2.75) is 13.5 Å². The molecule has 2 aromatic rings. The normalized spacial score (nSPS) is 10.4. The van der Waals surface area contributed by atoms with Gasteiger partial charge >= 0.3 is 0 Å².